The van der Waals surface area contributed by atoms with Gasteiger partial charge in [0.25, 0.3) is 0 Å². The summed E-state index contributed by atoms with van der Waals surface area (Å²) >= 11 is 0. The van der Waals surface area contributed by atoms with Gasteiger partial charge in [0.05, 0.1) is 23.7 Å². The molecule has 0 bridgehead atoms. The Balaban J connectivity index is 1.20. The standard InChI is InChI=1S/C24H24N4O2/c1-27-16-17(19-6-2-5-9-22(19)27)14-24(29)28-12-10-18(11-13-28)30-23-15-25-20-7-3-4-8-21(20)26-23/h2-9,15-16,18H,10-14H2,1H3. The average molecular weight is 400 g/mol. The van der Waals surface area contributed by atoms with Gasteiger partial charge in [-0.25, -0.2) is 9.97 Å². The molecule has 6 heteroatoms. The van der Waals surface area contributed by atoms with Crippen molar-refractivity contribution in [3.63, 3.8) is 0 Å². The number of carbonyl (C=O) groups is 1. The maximum atomic E-state index is 12.9. The fraction of sp³-hybridized carbons (Fsp3) is 0.292. The van der Waals surface area contributed by atoms with Gasteiger partial charge >= 0.3 is 0 Å². The largest absolute Gasteiger partial charge is 0.473 e. The van der Waals surface area contributed by atoms with Crippen LogP contribution in [0, 0.1) is 0 Å². The Morgan fingerprint density at radius 3 is 2.63 bits per heavy atom. The Morgan fingerprint density at radius 1 is 1.07 bits per heavy atom. The van der Waals surface area contributed by atoms with Gasteiger partial charge in [-0.1, -0.05) is 30.3 Å². The van der Waals surface area contributed by atoms with Gasteiger partial charge in [0.15, 0.2) is 0 Å². The van der Waals surface area contributed by atoms with Gasteiger partial charge in [0, 0.05) is 50.1 Å². The molecular formula is C24H24N4O2. The third kappa shape index (κ3) is 3.61. The molecule has 0 radical (unpaired) electrons. The van der Waals surface area contributed by atoms with Crippen LogP contribution < -0.4 is 4.74 Å². The number of piperidine rings is 1. The van der Waals surface area contributed by atoms with Crippen molar-refractivity contribution in [2.24, 2.45) is 7.05 Å². The van der Waals surface area contributed by atoms with Crippen LogP contribution in [0.15, 0.2) is 60.9 Å². The Bertz CT molecular complexity index is 1210. The van der Waals surface area contributed by atoms with Crippen LogP contribution in [0.2, 0.25) is 0 Å². The number of fused-ring (bicyclic) bond motifs is 2. The summed E-state index contributed by atoms with van der Waals surface area (Å²) in [6.45, 7) is 1.41. The fourth-order valence-corrected chi connectivity index (χ4v) is 4.23. The molecule has 0 atom stereocenters. The predicted molar refractivity (Wildman–Crippen MR) is 116 cm³/mol. The molecule has 1 amide bonds. The Kier molecular flexibility index (Phi) is 4.83. The minimum Gasteiger partial charge on any atom is -0.473 e. The van der Waals surface area contributed by atoms with E-state index in [1.165, 1.54) is 0 Å². The smallest absolute Gasteiger partial charge is 0.233 e. The molecule has 1 saturated heterocycles. The lowest BCUT2D eigenvalue weighted by Crippen LogP contribution is -2.42. The highest BCUT2D eigenvalue weighted by molar-refractivity contribution is 5.89. The van der Waals surface area contributed by atoms with Crippen LogP contribution >= 0.6 is 0 Å². The second kappa shape index (κ2) is 7.78. The van der Waals surface area contributed by atoms with Gasteiger partial charge < -0.3 is 14.2 Å². The van der Waals surface area contributed by atoms with E-state index in [0.29, 0.717) is 25.4 Å². The van der Waals surface area contributed by atoms with E-state index in [-0.39, 0.29) is 12.0 Å². The van der Waals surface area contributed by atoms with Gasteiger partial charge in [-0.3, -0.25) is 4.79 Å². The molecule has 5 rings (SSSR count). The first-order chi connectivity index (χ1) is 14.7. The zero-order chi connectivity index (χ0) is 20.5. The van der Waals surface area contributed by atoms with Crippen LogP contribution in [0.5, 0.6) is 5.88 Å². The van der Waals surface area contributed by atoms with Gasteiger partial charge in [-0.05, 0) is 23.8 Å². The molecule has 30 heavy (non-hydrogen) atoms. The van der Waals surface area contributed by atoms with E-state index in [2.05, 4.69) is 32.9 Å². The first kappa shape index (κ1) is 18.6. The number of aryl methyl sites for hydroxylation is 1. The third-order valence-electron chi connectivity index (χ3n) is 5.83. The zero-order valence-electron chi connectivity index (χ0n) is 17.0. The van der Waals surface area contributed by atoms with Crippen molar-refractivity contribution in [2.75, 3.05) is 13.1 Å². The molecule has 0 N–H and O–H groups in total. The molecule has 152 valence electrons. The van der Waals surface area contributed by atoms with Crippen LogP contribution in [-0.2, 0) is 18.3 Å². The highest BCUT2D eigenvalue weighted by atomic mass is 16.5. The van der Waals surface area contributed by atoms with E-state index in [0.717, 1.165) is 40.3 Å². The molecule has 6 nitrogen and oxygen atoms in total. The van der Waals surface area contributed by atoms with Crippen molar-refractivity contribution >= 4 is 27.8 Å². The number of para-hydroxylation sites is 3. The maximum Gasteiger partial charge on any atom is 0.233 e. The summed E-state index contributed by atoms with van der Waals surface area (Å²) in [7, 11) is 2.02. The summed E-state index contributed by atoms with van der Waals surface area (Å²) in [6.07, 6.45) is 5.84. The molecule has 2 aromatic carbocycles. The second-order valence-corrected chi connectivity index (χ2v) is 7.85. The molecule has 2 aromatic heterocycles. The van der Waals surface area contributed by atoms with E-state index in [4.69, 9.17) is 4.74 Å². The number of amides is 1. The lowest BCUT2D eigenvalue weighted by atomic mass is 10.1. The van der Waals surface area contributed by atoms with Crippen molar-refractivity contribution in [1.29, 1.82) is 0 Å². The molecule has 4 aromatic rings. The number of hydrogen-bond donors (Lipinski definition) is 0. The van der Waals surface area contributed by atoms with Crippen LogP contribution in [-0.4, -0.2) is 44.5 Å². The molecule has 0 unspecified atom stereocenters. The second-order valence-electron chi connectivity index (χ2n) is 7.85. The molecule has 0 saturated carbocycles. The molecule has 1 fully saturated rings. The van der Waals surface area contributed by atoms with Crippen LogP contribution in [0.1, 0.15) is 18.4 Å². The van der Waals surface area contributed by atoms with Crippen molar-refractivity contribution < 1.29 is 9.53 Å². The van der Waals surface area contributed by atoms with Crippen LogP contribution in [0.25, 0.3) is 21.9 Å². The maximum absolute atomic E-state index is 12.9. The lowest BCUT2D eigenvalue weighted by molar-refractivity contribution is -0.132. The summed E-state index contributed by atoms with van der Waals surface area (Å²) in [6, 6.07) is 16.0. The molecule has 3 heterocycles. The topological polar surface area (TPSA) is 60.2 Å². The fourth-order valence-electron chi connectivity index (χ4n) is 4.23. The minimum absolute atomic E-state index is 0.0575. The summed E-state index contributed by atoms with van der Waals surface area (Å²) in [4.78, 5) is 23.8. The van der Waals surface area contributed by atoms with Gasteiger partial charge in [-0.15, -0.1) is 0 Å². The monoisotopic (exact) mass is 400 g/mol. The quantitative estimate of drug-likeness (QED) is 0.524. The Labute approximate surface area is 175 Å². The van der Waals surface area contributed by atoms with Crippen molar-refractivity contribution in [1.82, 2.24) is 19.4 Å². The first-order valence-corrected chi connectivity index (χ1v) is 10.4. The molecule has 0 spiro atoms. The predicted octanol–water partition coefficient (Wildman–Crippen LogP) is 3.73. The van der Waals surface area contributed by atoms with Crippen molar-refractivity contribution in [3.8, 4) is 5.88 Å². The average Bonchev–Trinajstić information content (AvgIpc) is 3.09. The van der Waals surface area contributed by atoms with Crippen molar-refractivity contribution in [2.45, 2.75) is 25.4 Å². The molecular weight excluding hydrogens is 376 g/mol. The van der Waals surface area contributed by atoms with Gasteiger partial charge in [0.2, 0.25) is 11.8 Å². The lowest BCUT2D eigenvalue weighted by Gasteiger charge is -2.32. The number of likely N-dealkylation sites (tertiary alicyclic amines) is 1. The third-order valence-corrected chi connectivity index (χ3v) is 5.83. The van der Waals surface area contributed by atoms with Crippen molar-refractivity contribution in [3.05, 3.63) is 66.5 Å². The molecule has 1 aliphatic rings. The number of carbonyl (C=O) groups excluding carboxylic acids is 1. The van der Waals surface area contributed by atoms with Gasteiger partial charge in [0.1, 0.15) is 6.10 Å². The van der Waals surface area contributed by atoms with E-state index in [1.54, 1.807) is 6.20 Å². The van der Waals surface area contributed by atoms with Crippen LogP contribution in [0.3, 0.4) is 0 Å². The van der Waals surface area contributed by atoms with E-state index >= 15 is 0 Å². The number of ether oxygens (including phenoxy) is 1. The highest BCUT2D eigenvalue weighted by Gasteiger charge is 2.25. The number of hydrogen-bond acceptors (Lipinski definition) is 4. The first-order valence-electron chi connectivity index (χ1n) is 10.4. The van der Waals surface area contributed by atoms with E-state index in [9.17, 15) is 4.79 Å². The minimum atomic E-state index is 0.0575. The Hall–Kier alpha value is -3.41. The normalized spacial score (nSPS) is 15.0. The zero-order valence-corrected chi connectivity index (χ0v) is 17.0. The van der Waals surface area contributed by atoms with E-state index in [1.807, 2.05) is 48.3 Å². The number of nitrogens with zero attached hydrogens (tertiary/aromatic N) is 4. The van der Waals surface area contributed by atoms with E-state index < -0.39 is 0 Å². The number of rotatable bonds is 4. The summed E-state index contributed by atoms with van der Waals surface area (Å²) in [5.41, 5.74) is 3.93. The van der Waals surface area contributed by atoms with Crippen LogP contribution in [0.4, 0.5) is 0 Å². The molecule has 1 aliphatic heterocycles. The summed E-state index contributed by atoms with van der Waals surface area (Å²) < 4.78 is 8.14. The van der Waals surface area contributed by atoms with Gasteiger partial charge in [-0.2, -0.15) is 0 Å². The summed E-state index contributed by atoms with van der Waals surface area (Å²) in [5, 5.41) is 1.15. The SMILES string of the molecule is Cn1cc(CC(=O)N2CCC(Oc3cnc4ccccc4n3)CC2)c2ccccc21. The Morgan fingerprint density at radius 2 is 1.80 bits per heavy atom. The summed E-state index contributed by atoms with van der Waals surface area (Å²) in [5.74, 6) is 0.726. The number of aromatic nitrogens is 3. The number of benzene rings is 2. The highest BCUT2D eigenvalue weighted by Crippen LogP contribution is 2.23. The molecule has 0 aliphatic carbocycles.